The van der Waals surface area contributed by atoms with Crippen LogP contribution in [-0.4, -0.2) is 25.8 Å². The smallest absolute Gasteiger partial charge is 0.278 e. The third-order valence-corrected chi connectivity index (χ3v) is 2.74. The average Bonchev–Trinajstić information content (AvgIpc) is 2.47. The molecule has 7 heteroatoms. The number of halogens is 1. The third-order valence-electron chi connectivity index (χ3n) is 2.53. The SMILES string of the molecule is O=C(Nc1nccc(Cl)n1)c1cnc2ccccc2n1. The number of carbonyl (C=O) groups is 1. The minimum Gasteiger partial charge on any atom is -0.289 e. The molecule has 2 heterocycles. The fourth-order valence-corrected chi connectivity index (χ4v) is 1.77. The fourth-order valence-electron chi connectivity index (χ4n) is 1.63. The monoisotopic (exact) mass is 285 g/mol. The van der Waals surface area contributed by atoms with Gasteiger partial charge in [-0.15, -0.1) is 0 Å². The molecule has 1 aromatic carbocycles. The number of hydrogen-bond donors (Lipinski definition) is 1. The lowest BCUT2D eigenvalue weighted by atomic mass is 10.3. The van der Waals surface area contributed by atoms with Gasteiger partial charge >= 0.3 is 0 Å². The maximum atomic E-state index is 12.0. The molecule has 2 aromatic heterocycles. The predicted octanol–water partition coefficient (Wildman–Crippen LogP) is 2.33. The van der Waals surface area contributed by atoms with Crippen LogP contribution < -0.4 is 5.32 Å². The Bertz CT molecular complexity index is 792. The molecule has 20 heavy (non-hydrogen) atoms. The number of carbonyl (C=O) groups excluding carboxylic acids is 1. The summed E-state index contributed by atoms with van der Waals surface area (Å²) in [7, 11) is 0. The Kier molecular flexibility index (Phi) is 3.22. The first-order chi connectivity index (χ1) is 9.72. The molecule has 0 spiro atoms. The lowest BCUT2D eigenvalue weighted by Crippen LogP contribution is -2.16. The predicted molar refractivity (Wildman–Crippen MR) is 74.5 cm³/mol. The Balaban J connectivity index is 1.88. The Labute approximate surface area is 118 Å². The largest absolute Gasteiger partial charge is 0.289 e. The molecule has 3 aromatic rings. The summed E-state index contributed by atoms with van der Waals surface area (Å²) < 4.78 is 0. The molecule has 0 radical (unpaired) electrons. The van der Waals surface area contributed by atoms with Crippen molar-refractivity contribution in [2.75, 3.05) is 5.32 Å². The summed E-state index contributed by atoms with van der Waals surface area (Å²) in [5.41, 5.74) is 1.56. The zero-order valence-electron chi connectivity index (χ0n) is 10.1. The van der Waals surface area contributed by atoms with Gasteiger partial charge in [0.05, 0.1) is 17.2 Å². The van der Waals surface area contributed by atoms with E-state index in [1.165, 1.54) is 18.5 Å². The Morgan fingerprint density at radius 1 is 1.05 bits per heavy atom. The van der Waals surface area contributed by atoms with Crippen LogP contribution in [0.2, 0.25) is 5.15 Å². The number of benzene rings is 1. The summed E-state index contributed by atoms with van der Waals surface area (Å²) in [5, 5.41) is 2.77. The van der Waals surface area contributed by atoms with Crippen molar-refractivity contribution in [1.29, 1.82) is 0 Å². The van der Waals surface area contributed by atoms with Crippen LogP contribution in [0.1, 0.15) is 10.5 Å². The first-order valence-corrected chi connectivity index (χ1v) is 6.12. The van der Waals surface area contributed by atoms with E-state index in [1.807, 2.05) is 18.2 Å². The van der Waals surface area contributed by atoms with Crippen LogP contribution in [0, 0.1) is 0 Å². The summed E-state index contributed by atoms with van der Waals surface area (Å²) in [6, 6.07) is 8.82. The Hall–Kier alpha value is -2.60. The van der Waals surface area contributed by atoms with Crippen LogP contribution in [-0.2, 0) is 0 Å². The zero-order chi connectivity index (χ0) is 13.9. The molecule has 0 bridgehead atoms. The van der Waals surface area contributed by atoms with Crippen molar-refractivity contribution in [2.24, 2.45) is 0 Å². The number of hydrogen-bond acceptors (Lipinski definition) is 5. The van der Waals surface area contributed by atoms with Crippen molar-refractivity contribution >= 4 is 34.5 Å². The second-order valence-corrected chi connectivity index (χ2v) is 4.29. The van der Waals surface area contributed by atoms with Gasteiger partial charge in [0.15, 0.2) is 0 Å². The van der Waals surface area contributed by atoms with Crippen molar-refractivity contribution in [1.82, 2.24) is 19.9 Å². The normalized spacial score (nSPS) is 10.4. The van der Waals surface area contributed by atoms with Crippen LogP contribution in [0.4, 0.5) is 5.95 Å². The zero-order valence-corrected chi connectivity index (χ0v) is 10.9. The number of nitrogens with zero attached hydrogens (tertiary/aromatic N) is 4. The molecule has 1 amide bonds. The molecule has 98 valence electrons. The Morgan fingerprint density at radius 3 is 2.65 bits per heavy atom. The van der Waals surface area contributed by atoms with Crippen molar-refractivity contribution in [3.05, 3.63) is 53.6 Å². The average molecular weight is 286 g/mol. The molecule has 0 saturated heterocycles. The van der Waals surface area contributed by atoms with Gasteiger partial charge in [-0.1, -0.05) is 23.7 Å². The van der Waals surface area contributed by atoms with E-state index in [-0.39, 0.29) is 16.8 Å². The van der Waals surface area contributed by atoms with Crippen LogP contribution in [0.3, 0.4) is 0 Å². The maximum absolute atomic E-state index is 12.0. The molecule has 3 rings (SSSR count). The first-order valence-electron chi connectivity index (χ1n) is 5.74. The molecule has 1 N–H and O–H groups in total. The molecule has 0 saturated carbocycles. The number of anilines is 1. The standard InChI is InChI=1S/C13H8ClN5O/c14-11-5-6-15-13(18-11)19-12(20)10-7-16-8-3-1-2-4-9(8)17-10/h1-7H,(H,15,18,19,20). The van der Waals surface area contributed by atoms with Gasteiger partial charge in [0.1, 0.15) is 10.8 Å². The van der Waals surface area contributed by atoms with Gasteiger partial charge in [-0.3, -0.25) is 15.1 Å². The number of nitrogens with one attached hydrogen (secondary N) is 1. The highest BCUT2D eigenvalue weighted by Crippen LogP contribution is 2.10. The fraction of sp³-hybridized carbons (Fsp3) is 0. The number of para-hydroxylation sites is 2. The van der Waals surface area contributed by atoms with Gasteiger partial charge < -0.3 is 0 Å². The highest BCUT2D eigenvalue weighted by atomic mass is 35.5. The summed E-state index contributed by atoms with van der Waals surface area (Å²) in [5.74, 6) is -0.317. The quantitative estimate of drug-likeness (QED) is 0.731. The van der Waals surface area contributed by atoms with Gasteiger partial charge in [-0.2, -0.15) is 0 Å². The topological polar surface area (TPSA) is 80.7 Å². The second kappa shape index (κ2) is 5.18. The van der Waals surface area contributed by atoms with Crippen LogP contribution in [0.5, 0.6) is 0 Å². The number of amides is 1. The number of aromatic nitrogens is 4. The van der Waals surface area contributed by atoms with Crippen LogP contribution in [0.25, 0.3) is 11.0 Å². The van der Waals surface area contributed by atoms with E-state index >= 15 is 0 Å². The van der Waals surface area contributed by atoms with Gasteiger partial charge in [-0.05, 0) is 18.2 Å². The molecule has 0 aliphatic rings. The van der Waals surface area contributed by atoms with E-state index in [4.69, 9.17) is 11.6 Å². The molecule has 0 aliphatic carbocycles. The van der Waals surface area contributed by atoms with Gasteiger partial charge in [0.25, 0.3) is 5.91 Å². The van der Waals surface area contributed by atoms with Gasteiger partial charge in [0.2, 0.25) is 5.95 Å². The van der Waals surface area contributed by atoms with E-state index < -0.39 is 5.91 Å². The molecular formula is C13H8ClN5O. The highest BCUT2D eigenvalue weighted by Gasteiger charge is 2.11. The summed E-state index contributed by atoms with van der Waals surface area (Å²) in [6.45, 7) is 0. The van der Waals surface area contributed by atoms with E-state index in [9.17, 15) is 4.79 Å². The Morgan fingerprint density at radius 2 is 1.85 bits per heavy atom. The molecule has 0 unspecified atom stereocenters. The molecular weight excluding hydrogens is 278 g/mol. The van der Waals surface area contributed by atoms with Crippen LogP contribution >= 0.6 is 11.6 Å². The second-order valence-electron chi connectivity index (χ2n) is 3.90. The molecule has 0 aliphatic heterocycles. The summed E-state index contributed by atoms with van der Waals surface area (Å²) in [4.78, 5) is 28.2. The minimum absolute atomic E-state index is 0.123. The van der Waals surface area contributed by atoms with E-state index in [2.05, 4.69) is 25.3 Å². The van der Waals surface area contributed by atoms with E-state index in [0.29, 0.717) is 5.52 Å². The van der Waals surface area contributed by atoms with Crippen molar-refractivity contribution in [3.63, 3.8) is 0 Å². The molecule has 6 nitrogen and oxygen atoms in total. The number of fused-ring (bicyclic) bond motifs is 1. The summed E-state index contributed by atoms with van der Waals surface area (Å²) >= 11 is 5.72. The minimum atomic E-state index is -0.439. The molecule has 0 atom stereocenters. The van der Waals surface area contributed by atoms with Crippen molar-refractivity contribution in [2.45, 2.75) is 0 Å². The van der Waals surface area contributed by atoms with Crippen LogP contribution in [0.15, 0.2) is 42.7 Å². The van der Waals surface area contributed by atoms with Gasteiger partial charge in [-0.25, -0.2) is 15.0 Å². The maximum Gasteiger partial charge on any atom is 0.278 e. The molecule has 0 fully saturated rings. The number of rotatable bonds is 2. The van der Waals surface area contributed by atoms with Crippen molar-refractivity contribution in [3.8, 4) is 0 Å². The third kappa shape index (κ3) is 2.55. The lowest BCUT2D eigenvalue weighted by molar-refractivity contribution is 0.102. The first kappa shape index (κ1) is 12.4. The summed E-state index contributed by atoms with van der Waals surface area (Å²) in [6.07, 6.45) is 2.86. The van der Waals surface area contributed by atoms with Crippen molar-refractivity contribution < 1.29 is 4.79 Å². The van der Waals surface area contributed by atoms with E-state index in [0.717, 1.165) is 5.52 Å². The lowest BCUT2D eigenvalue weighted by Gasteiger charge is -2.03. The van der Waals surface area contributed by atoms with Gasteiger partial charge in [0, 0.05) is 6.20 Å². The highest BCUT2D eigenvalue weighted by molar-refractivity contribution is 6.29. The van der Waals surface area contributed by atoms with E-state index in [1.54, 1.807) is 6.07 Å².